The predicted molar refractivity (Wildman–Crippen MR) is 74.1 cm³/mol. The number of nitrogens with one attached hydrogen (secondary N) is 2. The molecule has 108 valence electrons. The number of piperazine rings is 1. The van der Waals surface area contributed by atoms with Crippen molar-refractivity contribution < 1.29 is 14.0 Å². The van der Waals surface area contributed by atoms with Crippen LogP contribution in [0.15, 0.2) is 18.2 Å². The van der Waals surface area contributed by atoms with Gasteiger partial charge in [-0.1, -0.05) is 13.0 Å². The van der Waals surface area contributed by atoms with Gasteiger partial charge in [0.2, 0.25) is 5.91 Å². The van der Waals surface area contributed by atoms with Gasteiger partial charge in [-0.3, -0.25) is 9.59 Å². The van der Waals surface area contributed by atoms with Gasteiger partial charge in [0.05, 0.1) is 11.3 Å². The summed E-state index contributed by atoms with van der Waals surface area (Å²) in [6.45, 7) is 2.70. The highest BCUT2D eigenvalue weighted by molar-refractivity contribution is 6.02. The Kier molecular flexibility index (Phi) is 4.22. The monoisotopic (exact) mass is 279 g/mol. The summed E-state index contributed by atoms with van der Waals surface area (Å²) < 4.78 is 13.7. The van der Waals surface area contributed by atoms with E-state index >= 15 is 0 Å². The highest BCUT2D eigenvalue weighted by Crippen LogP contribution is 2.23. The third-order valence-electron chi connectivity index (χ3n) is 3.47. The molecule has 1 saturated heterocycles. The number of para-hydroxylation sites is 1. The molecule has 1 fully saturated rings. The van der Waals surface area contributed by atoms with Crippen LogP contribution in [0.1, 0.15) is 23.7 Å². The number of rotatable bonds is 3. The van der Waals surface area contributed by atoms with Gasteiger partial charge in [0, 0.05) is 20.1 Å². The molecule has 2 rings (SSSR count). The second-order valence-electron chi connectivity index (χ2n) is 4.63. The van der Waals surface area contributed by atoms with Crippen molar-refractivity contribution in [2.75, 3.05) is 25.5 Å². The number of amides is 2. The van der Waals surface area contributed by atoms with E-state index in [2.05, 4.69) is 10.6 Å². The Balaban J connectivity index is 2.35. The van der Waals surface area contributed by atoms with E-state index < -0.39 is 11.9 Å². The molecule has 1 heterocycles. The molecule has 0 aromatic heterocycles. The van der Waals surface area contributed by atoms with E-state index in [4.69, 9.17) is 0 Å². The van der Waals surface area contributed by atoms with Gasteiger partial charge in [-0.15, -0.1) is 0 Å². The zero-order chi connectivity index (χ0) is 14.7. The minimum absolute atomic E-state index is 0.158. The van der Waals surface area contributed by atoms with E-state index in [1.165, 1.54) is 17.0 Å². The van der Waals surface area contributed by atoms with Gasteiger partial charge in [-0.25, -0.2) is 4.39 Å². The number of nitrogens with zero attached hydrogens (tertiary/aromatic N) is 1. The maximum absolute atomic E-state index is 13.7. The van der Waals surface area contributed by atoms with Crippen LogP contribution in [0.2, 0.25) is 0 Å². The van der Waals surface area contributed by atoms with E-state index in [1.54, 1.807) is 13.1 Å². The van der Waals surface area contributed by atoms with E-state index in [-0.39, 0.29) is 23.1 Å². The molecule has 0 spiro atoms. The quantitative estimate of drug-likeness (QED) is 0.874. The molecule has 5 nitrogen and oxygen atoms in total. The Bertz CT molecular complexity index is 533. The molecule has 1 aliphatic heterocycles. The average Bonchev–Trinajstić information content (AvgIpc) is 2.46. The highest BCUT2D eigenvalue weighted by atomic mass is 19.1. The molecule has 1 aromatic carbocycles. The lowest BCUT2D eigenvalue weighted by Gasteiger charge is -2.34. The summed E-state index contributed by atoms with van der Waals surface area (Å²) in [7, 11) is 1.56. The SMILES string of the molecule is CCC1C(=O)NCCN1C(=O)c1cccc(F)c1NC. The van der Waals surface area contributed by atoms with Gasteiger partial charge in [0.1, 0.15) is 11.9 Å². The van der Waals surface area contributed by atoms with Crippen LogP contribution >= 0.6 is 0 Å². The predicted octanol–water partition coefficient (Wildman–Crippen LogP) is 1.22. The van der Waals surface area contributed by atoms with Gasteiger partial charge >= 0.3 is 0 Å². The second kappa shape index (κ2) is 5.90. The fourth-order valence-electron chi connectivity index (χ4n) is 2.47. The lowest BCUT2D eigenvalue weighted by Crippen LogP contribution is -2.57. The molecule has 2 amide bonds. The third kappa shape index (κ3) is 2.45. The van der Waals surface area contributed by atoms with Crippen LogP contribution < -0.4 is 10.6 Å². The van der Waals surface area contributed by atoms with Gasteiger partial charge in [-0.05, 0) is 18.6 Å². The van der Waals surface area contributed by atoms with E-state index in [1.807, 2.05) is 6.92 Å². The molecule has 0 bridgehead atoms. The van der Waals surface area contributed by atoms with Crippen molar-refractivity contribution in [2.24, 2.45) is 0 Å². The summed E-state index contributed by atoms with van der Waals surface area (Å²) in [4.78, 5) is 25.9. The first kappa shape index (κ1) is 14.3. The maximum Gasteiger partial charge on any atom is 0.256 e. The average molecular weight is 279 g/mol. The topological polar surface area (TPSA) is 61.4 Å². The normalized spacial score (nSPS) is 18.6. The Morgan fingerprint density at radius 2 is 2.30 bits per heavy atom. The van der Waals surface area contributed by atoms with Crippen molar-refractivity contribution >= 4 is 17.5 Å². The molecule has 2 N–H and O–H groups in total. The van der Waals surface area contributed by atoms with Crippen molar-refractivity contribution in [3.63, 3.8) is 0 Å². The van der Waals surface area contributed by atoms with Crippen LogP contribution in [0.3, 0.4) is 0 Å². The molecule has 6 heteroatoms. The van der Waals surface area contributed by atoms with Gasteiger partial charge < -0.3 is 15.5 Å². The molecule has 20 heavy (non-hydrogen) atoms. The van der Waals surface area contributed by atoms with Crippen LogP contribution in [-0.4, -0.2) is 42.9 Å². The Hall–Kier alpha value is -2.11. The Labute approximate surface area is 117 Å². The van der Waals surface area contributed by atoms with Crippen molar-refractivity contribution in [2.45, 2.75) is 19.4 Å². The van der Waals surface area contributed by atoms with Crippen LogP contribution in [0.4, 0.5) is 10.1 Å². The molecule has 0 radical (unpaired) electrons. The minimum atomic E-state index is -0.496. The zero-order valence-electron chi connectivity index (χ0n) is 11.6. The van der Waals surface area contributed by atoms with Gasteiger partial charge in [-0.2, -0.15) is 0 Å². The molecule has 0 aliphatic carbocycles. The molecule has 1 unspecified atom stereocenters. The van der Waals surface area contributed by atoms with Crippen LogP contribution in [-0.2, 0) is 4.79 Å². The number of hydrogen-bond acceptors (Lipinski definition) is 3. The van der Waals surface area contributed by atoms with Crippen molar-refractivity contribution in [3.8, 4) is 0 Å². The minimum Gasteiger partial charge on any atom is -0.385 e. The fraction of sp³-hybridized carbons (Fsp3) is 0.429. The fourth-order valence-corrected chi connectivity index (χ4v) is 2.47. The number of carbonyl (C=O) groups is 2. The number of hydrogen-bond donors (Lipinski definition) is 2. The third-order valence-corrected chi connectivity index (χ3v) is 3.47. The summed E-state index contributed by atoms with van der Waals surface area (Å²) >= 11 is 0. The van der Waals surface area contributed by atoms with E-state index in [0.717, 1.165) is 0 Å². The lowest BCUT2D eigenvalue weighted by molar-refractivity contribution is -0.127. The maximum atomic E-state index is 13.7. The second-order valence-corrected chi connectivity index (χ2v) is 4.63. The standard InChI is InChI=1S/C14H18FN3O2/c1-3-11-13(19)17-7-8-18(11)14(20)9-5-4-6-10(15)12(9)16-2/h4-6,11,16H,3,7-8H2,1-2H3,(H,17,19). The van der Waals surface area contributed by atoms with Crippen LogP contribution in [0.5, 0.6) is 0 Å². The largest absolute Gasteiger partial charge is 0.385 e. The first-order valence-electron chi connectivity index (χ1n) is 6.65. The van der Waals surface area contributed by atoms with Crippen LogP contribution in [0.25, 0.3) is 0 Å². The van der Waals surface area contributed by atoms with Crippen molar-refractivity contribution in [1.29, 1.82) is 0 Å². The summed E-state index contributed by atoms with van der Waals surface area (Å²) in [5.74, 6) is -0.960. The summed E-state index contributed by atoms with van der Waals surface area (Å²) in [5.41, 5.74) is 0.416. The number of benzene rings is 1. The number of halogens is 1. The smallest absolute Gasteiger partial charge is 0.256 e. The van der Waals surface area contributed by atoms with Gasteiger partial charge in [0.25, 0.3) is 5.91 Å². The highest BCUT2D eigenvalue weighted by Gasteiger charge is 2.33. The summed E-state index contributed by atoms with van der Waals surface area (Å²) in [5, 5.41) is 5.44. The molecule has 1 aliphatic rings. The van der Waals surface area contributed by atoms with Gasteiger partial charge in [0.15, 0.2) is 0 Å². The molecular weight excluding hydrogens is 261 g/mol. The first-order chi connectivity index (χ1) is 9.60. The van der Waals surface area contributed by atoms with E-state index in [9.17, 15) is 14.0 Å². The molecule has 1 atom stereocenters. The lowest BCUT2D eigenvalue weighted by atomic mass is 10.1. The van der Waals surface area contributed by atoms with Crippen molar-refractivity contribution in [3.05, 3.63) is 29.6 Å². The molecule has 1 aromatic rings. The first-order valence-corrected chi connectivity index (χ1v) is 6.65. The summed E-state index contributed by atoms with van der Waals surface area (Å²) in [6, 6.07) is 3.86. The van der Waals surface area contributed by atoms with Crippen LogP contribution in [0, 0.1) is 5.82 Å². The number of anilines is 1. The van der Waals surface area contributed by atoms with E-state index in [0.29, 0.717) is 19.5 Å². The zero-order valence-corrected chi connectivity index (χ0v) is 11.6. The Morgan fingerprint density at radius 1 is 1.55 bits per heavy atom. The Morgan fingerprint density at radius 3 is 2.95 bits per heavy atom. The molecular formula is C14H18FN3O2. The van der Waals surface area contributed by atoms with Crippen molar-refractivity contribution in [1.82, 2.24) is 10.2 Å². The molecule has 0 saturated carbocycles. The summed E-state index contributed by atoms with van der Waals surface area (Å²) in [6.07, 6.45) is 0.530. The number of carbonyl (C=O) groups excluding carboxylic acids is 2.